The van der Waals surface area contributed by atoms with Crippen LogP contribution < -0.4 is 5.32 Å². The van der Waals surface area contributed by atoms with E-state index in [4.69, 9.17) is 10.3 Å². The lowest BCUT2D eigenvalue weighted by Gasteiger charge is -2.15. The first kappa shape index (κ1) is 21.4. The SMILES string of the molecule is CN(C)Cc1ccc(N=C(c2cccc(CC#N)c2)C2C(=O)Nc3cc(F)ccc32)cc1. The number of rotatable bonds is 6. The van der Waals surface area contributed by atoms with Crippen LogP contribution in [0.2, 0.25) is 0 Å². The lowest BCUT2D eigenvalue weighted by atomic mass is 9.89. The number of nitrogens with zero attached hydrogens (tertiary/aromatic N) is 3. The molecule has 160 valence electrons. The molecule has 1 amide bonds. The first-order valence-electron chi connectivity index (χ1n) is 10.3. The minimum Gasteiger partial charge on any atom is -0.325 e. The Morgan fingerprint density at radius 2 is 1.88 bits per heavy atom. The molecule has 3 aromatic rings. The molecule has 0 fully saturated rings. The fourth-order valence-electron chi connectivity index (χ4n) is 3.91. The molecule has 4 rings (SSSR count). The van der Waals surface area contributed by atoms with Gasteiger partial charge in [-0.25, -0.2) is 4.39 Å². The minimum atomic E-state index is -0.676. The average molecular weight is 426 g/mol. The van der Waals surface area contributed by atoms with Crippen molar-refractivity contribution in [3.05, 3.63) is 94.8 Å². The van der Waals surface area contributed by atoms with Crippen LogP contribution in [0.15, 0.2) is 71.7 Å². The van der Waals surface area contributed by atoms with Crippen LogP contribution in [0.5, 0.6) is 0 Å². The first-order valence-corrected chi connectivity index (χ1v) is 10.3. The zero-order valence-corrected chi connectivity index (χ0v) is 18.0. The highest BCUT2D eigenvalue weighted by atomic mass is 19.1. The van der Waals surface area contributed by atoms with E-state index in [1.807, 2.05) is 62.6 Å². The maximum Gasteiger partial charge on any atom is 0.238 e. The number of benzene rings is 3. The maximum absolute atomic E-state index is 13.7. The second kappa shape index (κ2) is 9.13. The topological polar surface area (TPSA) is 68.5 Å². The highest BCUT2D eigenvalue weighted by molar-refractivity contribution is 6.24. The fraction of sp³-hybridized carbons (Fsp3) is 0.192. The first-order chi connectivity index (χ1) is 15.4. The normalized spacial score (nSPS) is 15.4. The molecule has 0 aliphatic carbocycles. The van der Waals surface area contributed by atoms with E-state index in [1.165, 1.54) is 12.1 Å². The number of hydrogen-bond acceptors (Lipinski definition) is 4. The van der Waals surface area contributed by atoms with Gasteiger partial charge in [-0.3, -0.25) is 9.79 Å². The van der Waals surface area contributed by atoms with Crippen LogP contribution in [0.1, 0.15) is 28.2 Å². The van der Waals surface area contributed by atoms with Gasteiger partial charge in [-0.15, -0.1) is 0 Å². The van der Waals surface area contributed by atoms with Crippen LogP contribution in [0.3, 0.4) is 0 Å². The van der Waals surface area contributed by atoms with Crippen molar-refractivity contribution in [3.8, 4) is 6.07 Å². The number of carbonyl (C=O) groups excluding carboxylic acids is 1. The summed E-state index contributed by atoms with van der Waals surface area (Å²) in [6.45, 7) is 0.816. The number of halogens is 1. The van der Waals surface area contributed by atoms with Crippen molar-refractivity contribution in [2.24, 2.45) is 4.99 Å². The van der Waals surface area contributed by atoms with E-state index in [0.29, 0.717) is 17.0 Å². The van der Waals surface area contributed by atoms with Gasteiger partial charge in [0.15, 0.2) is 0 Å². The number of fused-ring (bicyclic) bond motifs is 1. The van der Waals surface area contributed by atoms with E-state index in [1.54, 1.807) is 6.07 Å². The largest absolute Gasteiger partial charge is 0.325 e. The summed E-state index contributed by atoms with van der Waals surface area (Å²) in [7, 11) is 4.02. The monoisotopic (exact) mass is 426 g/mol. The zero-order valence-electron chi connectivity index (χ0n) is 18.0. The van der Waals surface area contributed by atoms with Crippen LogP contribution >= 0.6 is 0 Å². The lowest BCUT2D eigenvalue weighted by Crippen LogP contribution is -2.22. The Hall–Kier alpha value is -3.82. The summed E-state index contributed by atoms with van der Waals surface area (Å²) in [6, 6.07) is 21.8. The molecular formula is C26H23FN4O. The number of anilines is 1. The molecule has 0 spiro atoms. The third kappa shape index (κ3) is 4.58. The second-order valence-corrected chi connectivity index (χ2v) is 8.09. The quantitative estimate of drug-likeness (QED) is 0.575. The van der Waals surface area contributed by atoms with E-state index >= 15 is 0 Å². The zero-order chi connectivity index (χ0) is 22.7. The number of nitrogens with one attached hydrogen (secondary N) is 1. The molecule has 0 radical (unpaired) electrons. The predicted octanol–water partition coefficient (Wildman–Crippen LogP) is 4.81. The Bertz CT molecular complexity index is 1230. The van der Waals surface area contributed by atoms with Gasteiger partial charge in [0, 0.05) is 12.2 Å². The van der Waals surface area contributed by atoms with Crippen molar-refractivity contribution in [3.63, 3.8) is 0 Å². The summed E-state index contributed by atoms with van der Waals surface area (Å²) in [5, 5.41) is 11.9. The van der Waals surface area contributed by atoms with Crippen molar-refractivity contribution < 1.29 is 9.18 Å². The lowest BCUT2D eigenvalue weighted by molar-refractivity contribution is -0.115. The van der Waals surface area contributed by atoms with E-state index < -0.39 is 11.7 Å². The molecule has 32 heavy (non-hydrogen) atoms. The Balaban J connectivity index is 1.81. The minimum absolute atomic E-state index is 0.251. The van der Waals surface area contributed by atoms with E-state index in [9.17, 15) is 9.18 Å². The van der Waals surface area contributed by atoms with Crippen LogP contribution in [-0.4, -0.2) is 30.6 Å². The Labute approximate surface area is 186 Å². The van der Waals surface area contributed by atoms with E-state index in [0.717, 1.165) is 28.9 Å². The van der Waals surface area contributed by atoms with Gasteiger partial charge in [0.25, 0.3) is 0 Å². The molecule has 1 N–H and O–H groups in total. The molecule has 1 aliphatic rings. The molecule has 0 saturated carbocycles. The summed E-state index contributed by atoms with van der Waals surface area (Å²) < 4.78 is 13.7. The average Bonchev–Trinajstić information content (AvgIpc) is 3.08. The standard InChI is InChI=1S/C26H23FN4O/c1-31(2)16-18-6-9-21(10-7-18)29-25(19-5-3-4-17(14-19)12-13-28)24-22-11-8-20(27)15-23(22)30-26(24)32/h3-11,14-15,24H,12,16H2,1-2H3,(H,30,32). The summed E-state index contributed by atoms with van der Waals surface area (Å²) in [4.78, 5) is 19.9. The van der Waals surface area contributed by atoms with Gasteiger partial charge in [0.2, 0.25) is 5.91 Å². The third-order valence-corrected chi connectivity index (χ3v) is 5.31. The van der Waals surface area contributed by atoms with E-state index in [-0.39, 0.29) is 12.3 Å². The van der Waals surface area contributed by atoms with E-state index in [2.05, 4.69) is 16.3 Å². The van der Waals surface area contributed by atoms with Crippen molar-refractivity contribution >= 4 is 23.0 Å². The molecule has 0 saturated heterocycles. The van der Waals surface area contributed by atoms with Gasteiger partial charge < -0.3 is 10.2 Å². The summed E-state index contributed by atoms with van der Waals surface area (Å²) in [5.74, 6) is -1.33. The Kier molecular flexibility index (Phi) is 6.11. The summed E-state index contributed by atoms with van der Waals surface area (Å²) >= 11 is 0. The van der Waals surface area contributed by atoms with Crippen molar-refractivity contribution in [1.29, 1.82) is 5.26 Å². The van der Waals surface area contributed by atoms with Gasteiger partial charge in [-0.2, -0.15) is 5.26 Å². The summed E-state index contributed by atoms with van der Waals surface area (Å²) in [5.41, 5.74) is 5.19. The van der Waals surface area contributed by atoms with Crippen LogP contribution in [0, 0.1) is 17.1 Å². The number of amides is 1. The van der Waals surface area contributed by atoms with Crippen LogP contribution in [-0.2, 0) is 17.8 Å². The van der Waals surface area contributed by atoms with Crippen molar-refractivity contribution in [2.45, 2.75) is 18.9 Å². The molecule has 5 nitrogen and oxygen atoms in total. The van der Waals surface area contributed by atoms with Gasteiger partial charge in [-0.05, 0) is 66.7 Å². The van der Waals surface area contributed by atoms with Gasteiger partial charge in [-0.1, -0.05) is 36.4 Å². The van der Waals surface area contributed by atoms with Gasteiger partial charge in [0.1, 0.15) is 11.7 Å². The molecule has 6 heteroatoms. The molecule has 1 aliphatic heterocycles. The number of carbonyl (C=O) groups is 1. The Morgan fingerprint density at radius 1 is 1.09 bits per heavy atom. The Morgan fingerprint density at radius 3 is 2.59 bits per heavy atom. The molecule has 1 atom stereocenters. The number of hydrogen-bond donors (Lipinski definition) is 1. The molecule has 0 aromatic heterocycles. The third-order valence-electron chi connectivity index (χ3n) is 5.31. The number of nitriles is 1. The maximum atomic E-state index is 13.7. The van der Waals surface area contributed by atoms with Crippen molar-refractivity contribution in [2.75, 3.05) is 19.4 Å². The highest BCUT2D eigenvalue weighted by Crippen LogP contribution is 2.36. The van der Waals surface area contributed by atoms with Gasteiger partial charge >= 0.3 is 0 Å². The molecule has 1 heterocycles. The molecule has 1 unspecified atom stereocenters. The number of aliphatic imine (C=N–C) groups is 1. The van der Waals surface area contributed by atoms with Crippen LogP contribution in [0.25, 0.3) is 0 Å². The molecule has 3 aromatic carbocycles. The smallest absolute Gasteiger partial charge is 0.238 e. The van der Waals surface area contributed by atoms with Crippen LogP contribution in [0.4, 0.5) is 15.8 Å². The predicted molar refractivity (Wildman–Crippen MR) is 124 cm³/mol. The molecular weight excluding hydrogens is 403 g/mol. The second-order valence-electron chi connectivity index (χ2n) is 8.09. The summed E-state index contributed by atoms with van der Waals surface area (Å²) in [6.07, 6.45) is 0.263. The highest BCUT2D eigenvalue weighted by Gasteiger charge is 2.35. The fourth-order valence-corrected chi connectivity index (χ4v) is 3.91. The van der Waals surface area contributed by atoms with Gasteiger partial charge in [0.05, 0.1) is 23.9 Å². The van der Waals surface area contributed by atoms with Crippen molar-refractivity contribution in [1.82, 2.24) is 4.90 Å². The molecule has 0 bridgehead atoms.